The van der Waals surface area contributed by atoms with Crippen LogP contribution in [0.1, 0.15) is 16.8 Å². The van der Waals surface area contributed by atoms with Gasteiger partial charge in [0, 0.05) is 11.8 Å². The van der Waals surface area contributed by atoms with Gasteiger partial charge >= 0.3 is 0 Å². The molecule has 0 atom stereocenters. The van der Waals surface area contributed by atoms with Gasteiger partial charge < -0.3 is 4.43 Å². The number of benzene rings is 2. The first-order chi connectivity index (χ1) is 12.4. The highest BCUT2D eigenvalue weighted by Crippen LogP contribution is 2.32. The minimum atomic E-state index is -1.75. The molecule has 1 aromatic heterocycles. The number of aryl methyl sites for hydroxylation is 1. The van der Waals surface area contributed by atoms with Crippen molar-refractivity contribution in [2.24, 2.45) is 4.99 Å². The summed E-state index contributed by atoms with van der Waals surface area (Å²) in [5, 5.41) is 0. The number of hydrogen-bond acceptors (Lipinski definition) is 3. The standard InChI is InChI=1S/C22H24N2OSi/c1-17-13-14-19(21(16-17)25-26(2,3)4)24-22(18-10-6-5-7-11-18)20-12-8-9-15-23-20/h5-16H,1-4H3. The fourth-order valence-corrected chi connectivity index (χ4v) is 3.44. The van der Waals surface area contributed by atoms with Gasteiger partial charge in [-0.25, -0.2) is 4.99 Å². The molecule has 0 aliphatic heterocycles. The zero-order valence-corrected chi connectivity index (χ0v) is 16.7. The van der Waals surface area contributed by atoms with E-state index in [1.54, 1.807) is 6.20 Å². The van der Waals surface area contributed by atoms with E-state index >= 15 is 0 Å². The summed E-state index contributed by atoms with van der Waals surface area (Å²) in [4.78, 5) is 9.49. The Morgan fingerprint density at radius 1 is 0.923 bits per heavy atom. The van der Waals surface area contributed by atoms with E-state index in [9.17, 15) is 0 Å². The minimum Gasteiger partial charge on any atom is -0.543 e. The van der Waals surface area contributed by atoms with Crippen LogP contribution in [0.15, 0.2) is 77.9 Å². The molecule has 0 bridgehead atoms. The Balaban J connectivity index is 2.15. The highest BCUT2D eigenvalue weighted by molar-refractivity contribution is 6.70. The number of rotatable bonds is 5. The van der Waals surface area contributed by atoms with Gasteiger partial charge in [0.2, 0.25) is 8.32 Å². The Hall–Kier alpha value is -2.72. The fourth-order valence-electron chi connectivity index (χ4n) is 2.61. The van der Waals surface area contributed by atoms with Crippen LogP contribution < -0.4 is 4.43 Å². The van der Waals surface area contributed by atoms with Gasteiger partial charge in [0.1, 0.15) is 11.4 Å². The minimum absolute atomic E-state index is 0.836. The molecule has 3 nitrogen and oxygen atoms in total. The maximum Gasteiger partial charge on any atom is 0.242 e. The lowest BCUT2D eigenvalue weighted by Gasteiger charge is -2.21. The Kier molecular flexibility index (Phi) is 5.33. The first kappa shape index (κ1) is 18.1. The average Bonchev–Trinajstić information content (AvgIpc) is 2.61. The maximum atomic E-state index is 6.30. The number of nitrogens with zero attached hydrogens (tertiary/aromatic N) is 2. The van der Waals surface area contributed by atoms with E-state index in [1.807, 2.05) is 42.5 Å². The Morgan fingerprint density at radius 2 is 1.65 bits per heavy atom. The molecule has 0 fully saturated rings. The van der Waals surface area contributed by atoms with E-state index in [-0.39, 0.29) is 0 Å². The van der Waals surface area contributed by atoms with Crippen molar-refractivity contribution in [2.45, 2.75) is 26.6 Å². The molecule has 0 aliphatic carbocycles. The molecule has 0 saturated heterocycles. The van der Waals surface area contributed by atoms with Gasteiger partial charge in [-0.3, -0.25) is 4.98 Å². The molecular formula is C22H24N2OSi. The van der Waals surface area contributed by atoms with E-state index in [2.05, 4.69) is 55.8 Å². The predicted octanol–water partition coefficient (Wildman–Crippen LogP) is 5.77. The van der Waals surface area contributed by atoms with Crippen LogP contribution in [0.4, 0.5) is 5.69 Å². The van der Waals surface area contributed by atoms with Crippen molar-refractivity contribution in [2.75, 3.05) is 0 Å². The fraction of sp³-hybridized carbons (Fsp3) is 0.182. The van der Waals surface area contributed by atoms with Crippen LogP contribution in [0.3, 0.4) is 0 Å². The zero-order valence-electron chi connectivity index (χ0n) is 15.7. The molecule has 132 valence electrons. The van der Waals surface area contributed by atoms with E-state index < -0.39 is 8.32 Å². The highest BCUT2D eigenvalue weighted by atomic mass is 28.4. The molecule has 0 amide bonds. The second-order valence-corrected chi connectivity index (χ2v) is 11.7. The molecule has 0 saturated carbocycles. The summed E-state index contributed by atoms with van der Waals surface area (Å²) in [5.74, 6) is 0.841. The van der Waals surface area contributed by atoms with Gasteiger partial charge in [0.25, 0.3) is 0 Å². The lowest BCUT2D eigenvalue weighted by atomic mass is 10.1. The van der Waals surface area contributed by atoms with Crippen LogP contribution in [0, 0.1) is 6.92 Å². The molecule has 2 aromatic carbocycles. The summed E-state index contributed by atoms with van der Waals surface area (Å²) in [6, 6.07) is 22.2. The van der Waals surface area contributed by atoms with Crippen LogP contribution in [-0.2, 0) is 0 Å². The molecule has 0 spiro atoms. The molecule has 0 unspecified atom stereocenters. The Morgan fingerprint density at radius 3 is 2.31 bits per heavy atom. The molecule has 3 aromatic rings. The molecular weight excluding hydrogens is 336 g/mol. The third-order valence-corrected chi connectivity index (χ3v) is 4.55. The van der Waals surface area contributed by atoms with Gasteiger partial charge in [0.05, 0.1) is 11.4 Å². The summed E-state index contributed by atoms with van der Waals surface area (Å²) < 4.78 is 6.30. The number of aromatic nitrogens is 1. The van der Waals surface area contributed by atoms with Crippen molar-refractivity contribution >= 4 is 19.7 Å². The second kappa shape index (κ2) is 7.66. The summed E-state index contributed by atoms with van der Waals surface area (Å²) >= 11 is 0. The summed E-state index contributed by atoms with van der Waals surface area (Å²) in [6.45, 7) is 8.61. The Labute approximate surface area is 156 Å². The van der Waals surface area contributed by atoms with Crippen LogP contribution in [0.2, 0.25) is 19.6 Å². The first-order valence-corrected chi connectivity index (χ1v) is 12.2. The van der Waals surface area contributed by atoms with Gasteiger partial charge in [0.15, 0.2) is 0 Å². The average molecular weight is 361 g/mol. The Bertz CT molecular complexity index is 859. The highest BCUT2D eigenvalue weighted by Gasteiger charge is 2.19. The van der Waals surface area contributed by atoms with E-state index in [0.29, 0.717) is 0 Å². The van der Waals surface area contributed by atoms with Crippen molar-refractivity contribution in [3.63, 3.8) is 0 Å². The first-order valence-electron chi connectivity index (χ1n) is 8.77. The van der Waals surface area contributed by atoms with Crippen molar-refractivity contribution in [1.29, 1.82) is 0 Å². The van der Waals surface area contributed by atoms with Gasteiger partial charge in [-0.1, -0.05) is 42.5 Å². The van der Waals surface area contributed by atoms with Gasteiger partial charge in [-0.15, -0.1) is 0 Å². The van der Waals surface area contributed by atoms with Crippen LogP contribution in [0.5, 0.6) is 5.75 Å². The smallest absolute Gasteiger partial charge is 0.242 e. The predicted molar refractivity (Wildman–Crippen MR) is 111 cm³/mol. The molecule has 0 N–H and O–H groups in total. The van der Waals surface area contributed by atoms with Crippen molar-refractivity contribution in [1.82, 2.24) is 4.98 Å². The van der Waals surface area contributed by atoms with Gasteiger partial charge in [-0.05, 0) is 56.4 Å². The number of pyridine rings is 1. The summed E-state index contributed by atoms with van der Waals surface area (Å²) in [7, 11) is -1.75. The van der Waals surface area contributed by atoms with E-state index in [1.165, 1.54) is 0 Å². The molecule has 0 radical (unpaired) electrons. The SMILES string of the molecule is Cc1ccc(N=C(c2ccccc2)c2ccccn2)c(O[Si](C)(C)C)c1. The molecule has 1 heterocycles. The van der Waals surface area contributed by atoms with Crippen molar-refractivity contribution in [3.8, 4) is 5.75 Å². The van der Waals surface area contributed by atoms with E-state index in [4.69, 9.17) is 9.42 Å². The summed E-state index contributed by atoms with van der Waals surface area (Å²) in [6.07, 6.45) is 1.79. The van der Waals surface area contributed by atoms with Crippen molar-refractivity contribution in [3.05, 3.63) is 89.7 Å². The number of hydrogen-bond donors (Lipinski definition) is 0. The largest absolute Gasteiger partial charge is 0.543 e. The summed E-state index contributed by atoms with van der Waals surface area (Å²) in [5.41, 5.74) is 4.72. The van der Waals surface area contributed by atoms with Gasteiger partial charge in [-0.2, -0.15) is 0 Å². The number of aliphatic imine (C=N–C) groups is 1. The molecule has 3 rings (SSSR count). The van der Waals surface area contributed by atoms with Crippen LogP contribution >= 0.6 is 0 Å². The lowest BCUT2D eigenvalue weighted by Crippen LogP contribution is -2.29. The maximum absolute atomic E-state index is 6.30. The molecule has 4 heteroatoms. The van der Waals surface area contributed by atoms with E-state index in [0.717, 1.165) is 34.0 Å². The quantitative estimate of drug-likeness (QED) is 0.427. The third-order valence-electron chi connectivity index (χ3n) is 3.72. The van der Waals surface area contributed by atoms with Crippen molar-refractivity contribution < 1.29 is 4.43 Å². The lowest BCUT2D eigenvalue weighted by molar-refractivity contribution is 0.558. The zero-order chi connectivity index (χ0) is 18.6. The van der Waals surface area contributed by atoms with Crippen LogP contribution in [0.25, 0.3) is 0 Å². The molecule has 26 heavy (non-hydrogen) atoms. The topological polar surface area (TPSA) is 34.5 Å². The van der Waals surface area contributed by atoms with Crippen LogP contribution in [-0.4, -0.2) is 19.0 Å². The second-order valence-electron chi connectivity index (χ2n) is 7.23. The normalized spacial score (nSPS) is 12.1. The third kappa shape index (κ3) is 4.67. The monoisotopic (exact) mass is 360 g/mol. The molecule has 0 aliphatic rings.